The van der Waals surface area contributed by atoms with E-state index in [2.05, 4.69) is 16.8 Å². The fourth-order valence-corrected chi connectivity index (χ4v) is 3.76. The second-order valence-corrected chi connectivity index (χ2v) is 7.59. The molecule has 2 aromatic carbocycles. The number of ether oxygens (including phenoxy) is 2. The number of nitrogens with zero attached hydrogens (tertiary/aromatic N) is 3. The van der Waals surface area contributed by atoms with E-state index >= 15 is 0 Å². The van der Waals surface area contributed by atoms with Gasteiger partial charge in [-0.05, 0) is 55.5 Å². The molecule has 0 N–H and O–H groups in total. The van der Waals surface area contributed by atoms with Crippen LogP contribution in [0.3, 0.4) is 0 Å². The molecular formula is C22H23N3O3S. The van der Waals surface area contributed by atoms with Gasteiger partial charge in [-0.2, -0.15) is 0 Å². The third-order valence-corrected chi connectivity index (χ3v) is 5.48. The van der Waals surface area contributed by atoms with E-state index in [0.29, 0.717) is 17.3 Å². The Bertz CT molecular complexity index is 982. The Kier molecular flexibility index (Phi) is 6.72. The number of rotatable bonds is 9. The number of ketones is 1. The molecule has 6 nitrogen and oxygen atoms in total. The highest BCUT2D eigenvalue weighted by molar-refractivity contribution is 8.00. The molecule has 0 radical (unpaired) electrons. The Morgan fingerprint density at radius 2 is 1.66 bits per heavy atom. The van der Waals surface area contributed by atoms with Crippen LogP contribution in [0.4, 0.5) is 0 Å². The van der Waals surface area contributed by atoms with Gasteiger partial charge in [-0.3, -0.25) is 9.36 Å². The maximum atomic E-state index is 12.8. The van der Waals surface area contributed by atoms with Crippen molar-refractivity contribution < 1.29 is 14.3 Å². The van der Waals surface area contributed by atoms with Crippen molar-refractivity contribution in [1.29, 1.82) is 0 Å². The minimum atomic E-state index is -0.320. The molecule has 0 saturated heterocycles. The molecule has 0 fully saturated rings. The molecule has 3 aromatic rings. The molecule has 0 aliphatic carbocycles. The number of benzene rings is 2. The molecule has 0 spiro atoms. The van der Waals surface area contributed by atoms with Gasteiger partial charge in [0.05, 0.1) is 19.5 Å². The number of thioether (sulfide) groups is 1. The number of Topliss-reactive ketones (excluding diaryl/α,β-unsaturated/α-hetero) is 1. The lowest BCUT2D eigenvalue weighted by Crippen LogP contribution is -2.14. The van der Waals surface area contributed by atoms with E-state index in [4.69, 9.17) is 9.47 Å². The van der Waals surface area contributed by atoms with Crippen LogP contribution in [0.1, 0.15) is 17.3 Å². The minimum absolute atomic E-state index is 0.0248. The Morgan fingerprint density at radius 3 is 2.21 bits per heavy atom. The predicted molar refractivity (Wildman–Crippen MR) is 115 cm³/mol. The van der Waals surface area contributed by atoms with Gasteiger partial charge in [0.15, 0.2) is 16.8 Å². The van der Waals surface area contributed by atoms with Crippen molar-refractivity contribution in [3.8, 4) is 22.9 Å². The molecule has 0 unspecified atom stereocenters. The summed E-state index contributed by atoms with van der Waals surface area (Å²) < 4.78 is 12.3. The first-order valence-electron chi connectivity index (χ1n) is 9.10. The van der Waals surface area contributed by atoms with E-state index in [0.717, 1.165) is 22.9 Å². The molecule has 150 valence electrons. The lowest BCUT2D eigenvalue weighted by atomic mass is 10.1. The van der Waals surface area contributed by atoms with Gasteiger partial charge < -0.3 is 9.47 Å². The first-order valence-corrected chi connectivity index (χ1v) is 9.98. The maximum absolute atomic E-state index is 12.8. The van der Waals surface area contributed by atoms with Crippen LogP contribution in [-0.4, -0.2) is 40.0 Å². The van der Waals surface area contributed by atoms with Crippen LogP contribution < -0.4 is 9.47 Å². The summed E-state index contributed by atoms with van der Waals surface area (Å²) in [5.41, 5.74) is 1.55. The smallest absolute Gasteiger partial charge is 0.192 e. The maximum Gasteiger partial charge on any atom is 0.192 e. The summed E-state index contributed by atoms with van der Waals surface area (Å²) in [6.07, 6.45) is 1.79. The summed E-state index contributed by atoms with van der Waals surface area (Å²) in [4.78, 5) is 12.8. The molecule has 0 amide bonds. The lowest BCUT2D eigenvalue weighted by molar-refractivity contribution is 0.0994. The molecule has 1 atom stereocenters. The molecule has 0 saturated carbocycles. The monoisotopic (exact) mass is 409 g/mol. The largest absolute Gasteiger partial charge is 0.497 e. The van der Waals surface area contributed by atoms with Crippen molar-refractivity contribution in [3.63, 3.8) is 0 Å². The van der Waals surface area contributed by atoms with E-state index in [1.165, 1.54) is 11.8 Å². The number of hydrogen-bond donors (Lipinski definition) is 0. The second-order valence-electron chi connectivity index (χ2n) is 6.29. The Morgan fingerprint density at radius 1 is 1.07 bits per heavy atom. The molecule has 7 heteroatoms. The summed E-state index contributed by atoms with van der Waals surface area (Å²) >= 11 is 1.38. The number of carbonyl (C=O) groups is 1. The zero-order chi connectivity index (χ0) is 20.8. The van der Waals surface area contributed by atoms with Crippen LogP contribution in [0.25, 0.3) is 11.4 Å². The zero-order valence-corrected chi connectivity index (χ0v) is 17.5. The van der Waals surface area contributed by atoms with Crippen LogP contribution in [0.5, 0.6) is 11.5 Å². The summed E-state index contributed by atoms with van der Waals surface area (Å²) in [6, 6.07) is 14.7. The van der Waals surface area contributed by atoms with E-state index in [-0.39, 0.29) is 11.0 Å². The Hall–Kier alpha value is -3.06. The average Bonchev–Trinajstić information content (AvgIpc) is 3.15. The molecular weight excluding hydrogens is 386 g/mol. The lowest BCUT2D eigenvalue weighted by Gasteiger charge is -2.12. The third kappa shape index (κ3) is 4.68. The number of carbonyl (C=O) groups excluding carboxylic acids is 1. The van der Waals surface area contributed by atoms with Crippen molar-refractivity contribution >= 4 is 17.5 Å². The second kappa shape index (κ2) is 9.43. The highest BCUT2D eigenvalue weighted by atomic mass is 32.2. The van der Waals surface area contributed by atoms with Crippen LogP contribution in [0.2, 0.25) is 0 Å². The Balaban J connectivity index is 1.82. The van der Waals surface area contributed by atoms with Gasteiger partial charge in [0.2, 0.25) is 0 Å². The van der Waals surface area contributed by atoms with Crippen LogP contribution >= 0.6 is 11.8 Å². The van der Waals surface area contributed by atoms with Gasteiger partial charge in [0.1, 0.15) is 11.5 Å². The molecule has 1 heterocycles. The quantitative estimate of drug-likeness (QED) is 0.294. The van der Waals surface area contributed by atoms with Crippen molar-refractivity contribution in [2.24, 2.45) is 0 Å². The van der Waals surface area contributed by atoms with Gasteiger partial charge >= 0.3 is 0 Å². The van der Waals surface area contributed by atoms with Gasteiger partial charge in [0.25, 0.3) is 0 Å². The molecule has 3 rings (SSSR count). The van der Waals surface area contributed by atoms with E-state index in [9.17, 15) is 4.79 Å². The van der Waals surface area contributed by atoms with Gasteiger partial charge in [-0.15, -0.1) is 16.8 Å². The summed E-state index contributed by atoms with van der Waals surface area (Å²) in [6.45, 7) is 6.25. The van der Waals surface area contributed by atoms with Crippen LogP contribution in [0.15, 0.2) is 66.3 Å². The topological polar surface area (TPSA) is 66.2 Å². The van der Waals surface area contributed by atoms with E-state index in [1.54, 1.807) is 44.6 Å². The van der Waals surface area contributed by atoms with Crippen molar-refractivity contribution in [3.05, 3.63) is 66.7 Å². The fourth-order valence-electron chi connectivity index (χ4n) is 2.82. The zero-order valence-electron chi connectivity index (χ0n) is 16.7. The molecule has 0 bridgehead atoms. The summed E-state index contributed by atoms with van der Waals surface area (Å²) in [7, 11) is 3.23. The Labute approximate surface area is 174 Å². The highest BCUT2D eigenvalue weighted by Crippen LogP contribution is 2.29. The molecule has 1 aromatic heterocycles. The number of hydrogen-bond acceptors (Lipinski definition) is 6. The molecule has 29 heavy (non-hydrogen) atoms. The molecule has 0 aliphatic rings. The first-order chi connectivity index (χ1) is 14.1. The number of allylic oxidation sites excluding steroid dienone is 1. The number of aromatic nitrogens is 3. The molecule has 0 aliphatic heterocycles. The van der Waals surface area contributed by atoms with E-state index < -0.39 is 0 Å². The normalized spacial score (nSPS) is 11.7. The van der Waals surface area contributed by atoms with Gasteiger partial charge in [0, 0.05) is 17.7 Å². The first kappa shape index (κ1) is 20.7. The average molecular weight is 410 g/mol. The fraction of sp³-hybridized carbons (Fsp3) is 0.227. The number of methoxy groups -OCH3 is 2. The van der Waals surface area contributed by atoms with Crippen LogP contribution in [-0.2, 0) is 6.54 Å². The third-order valence-electron chi connectivity index (χ3n) is 4.40. The van der Waals surface area contributed by atoms with E-state index in [1.807, 2.05) is 35.8 Å². The SMILES string of the molecule is C=CCn1c(S[C@@H](C)C(=O)c2ccc(OC)cc2)nnc1-c1ccc(OC)cc1. The highest BCUT2D eigenvalue weighted by Gasteiger charge is 2.21. The van der Waals surface area contributed by atoms with Crippen molar-refractivity contribution in [1.82, 2.24) is 14.8 Å². The van der Waals surface area contributed by atoms with Crippen molar-refractivity contribution in [2.45, 2.75) is 23.9 Å². The summed E-state index contributed by atoms with van der Waals surface area (Å²) in [5.74, 6) is 2.24. The minimum Gasteiger partial charge on any atom is -0.497 e. The summed E-state index contributed by atoms with van der Waals surface area (Å²) in [5, 5.41) is 9.02. The van der Waals surface area contributed by atoms with Gasteiger partial charge in [-0.1, -0.05) is 17.8 Å². The van der Waals surface area contributed by atoms with Crippen molar-refractivity contribution in [2.75, 3.05) is 14.2 Å². The predicted octanol–water partition coefficient (Wildman–Crippen LogP) is 4.51. The van der Waals surface area contributed by atoms with Gasteiger partial charge in [-0.25, -0.2) is 0 Å². The van der Waals surface area contributed by atoms with Crippen LogP contribution in [0, 0.1) is 0 Å². The standard InChI is InChI=1S/C22H23N3O3S/c1-5-14-25-21(17-8-12-19(28-4)13-9-17)23-24-22(25)29-15(2)20(26)16-6-10-18(27-3)11-7-16/h5-13,15H,1,14H2,2-4H3/t15-/m0/s1.